The summed E-state index contributed by atoms with van der Waals surface area (Å²) in [6.07, 6.45) is 3.74. The van der Waals surface area contributed by atoms with Crippen molar-refractivity contribution in [2.75, 3.05) is 13.7 Å². The van der Waals surface area contributed by atoms with Gasteiger partial charge in [-0.05, 0) is 26.7 Å². The largest absolute Gasteiger partial charge is 0.453 e. The molecule has 0 N–H and O–H groups in total. The molecule has 3 nitrogen and oxygen atoms in total. The van der Waals surface area contributed by atoms with Crippen LogP contribution in [0.1, 0.15) is 40.5 Å². The van der Waals surface area contributed by atoms with Gasteiger partial charge in [0.2, 0.25) is 0 Å². The second kappa shape index (κ2) is 8.39. The van der Waals surface area contributed by atoms with Gasteiger partial charge in [0.05, 0.1) is 5.60 Å². The summed E-state index contributed by atoms with van der Waals surface area (Å²) < 4.78 is 10.4. The van der Waals surface area contributed by atoms with Crippen molar-refractivity contribution in [2.45, 2.75) is 46.1 Å². The van der Waals surface area contributed by atoms with E-state index in [-0.39, 0.29) is 18.1 Å². The maximum Gasteiger partial charge on any atom is 0.403 e. The maximum absolute atomic E-state index is 10.8. The van der Waals surface area contributed by atoms with Gasteiger partial charge < -0.3 is 9.47 Å². The summed E-state index contributed by atoms with van der Waals surface area (Å²) >= 11 is 5.24. The quantitative estimate of drug-likeness (QED) is 0.479. The average Bonchev–Trinajstić information content (AvgIpc) is 2.36. The fraction of sp³-hybridized carbons (Fsp3) is 0.667. The predicted molar refractivity (Wildman–Crippen MR) is 79.6 cm³/mol. The second-order valence-electron chi connectivity index (χ2n) is 4.99. The molecule has 4 heteroatoms. The van der Waals surface area contributed by atoms with E-state index in [2.05, 4.69) is 19.6 Å². The van der Waals surface area contributed by atoms with Crippen LogP contribution in [0.2, 0.25) is 0 Å². The molecular weight excluding hydrogens is 264 g/mol. The standard InChI is InChI=1S/C15H25ClO3/c1-7-11(3)13(10-19-14(16)17)12(8-2)9-15(4,5)18-6/h9,13H,3,7-8,10H2,1-2,4-6H3/b12-9+. The molecule has 0 spiro atoms. The van der Waals surface area contributed by atoms with Crippen LogP contribution < -0.4 is 0 Å². The number of carbonyl (C=O) groups excluding carboxylic acids is 1. The van der Waals surface area contributed by atoms with Crippen molar-refractivity contribution in [1.82, 2.24) is 0 Å². The molecule has 0 bridgehead atoms. The van der Waals surface area contributed by atoms with Gasteiger partial charge in [-0.2, -0.15) is 0 Å². The lowest BCUT2D eigenvalue weighted by Gasteiger charge is -2.26. The van der Waals surface area contributed by atoms with Crippen LogP contribution in [-0.4, -0.2) is 24.7 Å². The maximum atomic E-state index is 10.8. The monoisotopic (exact) mass is 288 g/mol. The Morgan fingerprint density at radius 3 is 2.32 bits per heavy atom. The van der Waals surface area contributed by atoms with Gasteiger partial charge in [0.1, 0.15) is 6.61 Å². The summed E-state index contributed by atoms with van der Waals surface area (Å²) in [5.41, 5.74) is 1.03. The highest BCUT2D eigenvalue weighted by atomic mass is 35.5. The zero-order valence-electron chi connectivity index (χ0n) is 12.6. The zero-order chi connectivity index (χ0) is 15.1. The third-order valence-electron chi connectivity index (χ3n) is 3.23. The Hall–Kier alpha value is -0.800. The smallest absolute Gasteiger partial charge is 0.403 e. The van der Waals surface area contributed by atoms with E-state index in [4.69, 9.17) is 21.1 Å². The highest BCUT2D eigenvalue weighted by Crippen LogP contribution is 2.28. The Labute approximate surface area is 121 Å². The lowest BCUT2D eigenvalue weighted by atomic mass is 9.86. The SMILES string of the molecule is C=C(CC)C(COC(=O)Cl)/C(=C/C(C)(C)OC)CC. The van der Waals surface area contributed by atoms with E-state index in [9.17, 15) is 4.79 Å². The van der Waals surface area contributed by atoms with Crippen molar-refractivity contribution in [3.63, 3.8) is 0 Å². The van der Waals surface area contributed by atoms with Crippen molar-refractivity contribution in [1.29, 1.82) is 0 Å². The highest BCUT2D eigenvalue weighted by Gasteiger charge is 2.21. The summed E-state index contributed by atoms with van der Waals surface area (Å²) in [5.74, 6) is -0.00729. The number of carbonyl (C=O) groups is 1. The first kappa shape index (κ1) is 18.2. The Kier molecular flexibility index (Phi) is 8.03. The Morgan fingerprint density at radius 2 is 1.95 bits per heavy atom. The van der Waals surface area contributed by atoms with Crippen molar-refractivity contribution in [2.24, 2.45) is 5.92 Å². The molecule has 0 amide bonds. The molecule has 19 heavy (non-hydrogen) atoms. The zero-order valence-corrected chi connectivity index (χ0v) is 13.3. The van der Waals surface area contributed by atoms with Gasteiger partial charge in [-0.15, -0.1) is 0 Å². The van der Waals surface area contributed by atoms with Gasteiger partial charge >= 0.3 is 5.43 Å². The summed E-state index contributed by atoms with van der Waals surface area (Å²) in [4.78, 5) is 10.8. The van der Waals surface area contributed by atoms with Gasteiger partial charge in [0.15, 0.2) is 0 Å². The molecular formula is C15H25ClO3. The van der Waals surface area contributed by atoms with Crippen LogP contribution in [0.5, 0.6) is 0 Å². The number of rotatable bonds is 8. The molecule has 0 aromatic heterocycles. The van der Waals surface area contributed by atoms with Gasteiger partial charge in [-0.1, -0.05) is 37.6 Å². The fourth-order valence-electron chi connectivity index (χ4n) is 1.84. The summed E-state index contributed by atoms with van der Waals surface area (Å²) in [5, 5.41) is 0. The molecule has 0 radical (unpaired) electrons. The number of methoxy groups -OCH3 is 1. The third kappa shape index (κ3) is 6.79. The molecule has 0 aliphatic heterocycles. The molecule has 0 aliphatic carbocycles. The van der Waals surface area contributed by atoms with Crippen LogP contribution in [0, 0.1) is 5.92 Å². The first-order valence-electron chi connectivity index (χ1n) is 6.54. The number of halogens is 1. The van der Waals surface area contributed by atoms with Crippen molar-refractivity contribution < 1.29 is 14.3 Å². The van der Waals surface area contributed by atoms with Crippen LogP contribution in [0.15, 0.2) is 23.8 Å². The van der Waals surface area contributed by atoms with Crippen LogP contribution in [0.3, 0.4) is 0 Å². The summed E-state index contributed by atoms with van der Waals surface area (Å²) in [6, 6.07) is 0. The van der Waals surface area contributed by atoms with E-state index in [0.29, 0.717) is 0 Å². The minimum absolute atomic E-state index is 0.00729. The van der Waals surface area contributed by atoms with Crippen LogP contribution >= 0.6 is 11.6 Å². The minimum Gasteiger partial charge on any atom is -0.453 e. The second-order valence-corrected chi connectivity index (χ2v) is 5.30. The van der Waals surface area contributed by atoms with E-state index in [1.54, 1.807) is 7.11 Å². The lowest BCUT2D eigenvalue weighted by Crippen LogP contribution is -2.23. The van der Waals surface area contributed by atoms with Crippen LogP contribution in [0.25, 0.3) is 0 Å². The molecule has 0 fully saturated rings. The first-order chi connectivity index (χ1) is 8.77. The summed E-state index contributed by atoms with van der Waals surface area (Å²) in [6.45, 7) is 12.4. The van der Waals surface area contributed by atoms with Crippen molar-refractivity contribution in [3.8, 4) is 0 Å². The van der Waals surface area contributed by atoms with E-state index in [0.717, 1.165) is 24.0 Å². The third-order valence-corrected chi connectivity index (χ3v) is 3.33. The van der Waals surface area contributed by atoms with Gasteiger partial charge in [0, 0.05) is 24.6 Å². The van der Waals surface area contributed by atoms with E-state index >= 15 is 0 Å². The van der Waals surface area contributed by atoms with Crippen LogP contribution in [-0.2, 0) is 9.47 Å². The normalized spacial score (nSPS) is 14.1. The molecule has 0 heterocycles. The Bertz CT molecular complexity index is 345. The van der Waals surface area contributed by atoms with Crippen molar-refractivity contribution >= 4 is 17.0 Å². The number of hydrogen-bond acceptors (Lipinski definition) is 3. The molecule has 1 atom stereocenters. The predicted octanol–water partition coefficient (Wildman–Crippen LogP) is 4.71. The van der Waals surface area contributed by atoms with E-state index in [1.807, 2.05) is 20.8 Å². The molecule has 0 aromatic carbocycles. The number of ether oxygens (including phenoxy) is 2. The Balaban J connectivity index is 5.18. The topological polar surface area (TPSA) is 35.5 Å². The van der Waals surface area contributed by atoms with Gasteiger partial charge in [0.25, 0.3) is 0 Å². The summed E-state index contributed by atoms with van der Waals surface area (Å²) in [7, 11) is 1.67. The molecule has 0 rings (SSSR count). The van der Waals surface area contributed by atoms with Gasteiger partial charge in [-0.3, -0.25) is 0 Å². The van der Waals surface area contributed by atoms with Gasteiger partial charge in [-0.25, -0.2) is 4.79 Å². The molecule has 0 aromatic rings. The van der Waals surface area contributed by atoms with Crippen LogP contribution in [0.4, 0.5) is 4.79 Å². The van der Waals surface area contributed by atoms with E-state index in [1.165, 1.54) is 0 Å². The fourth-order valence-corrected chi connectivity index (χ4v) is 1.90. The molecule has 0 saturated carbocycles. The Morgan fingerprint density at radius 1 is 1.37 bits per heavy atom. The minimum atomic E-state index is -0.782. The van der Waals surface area contributed by atoms with E-state index < -0.39 is 5.43 Å². The molecule has 110 valence electrons. The number of hydrogen-bond donors (Lipinski definition) is 0. The average molecular weight is 289 g/mol. The first-order valence-corrected chi connectivity index (χ1v) is 6.91. The molecule has 1 unspecified atom stereocenters. The van der Waals surface area contributed by atoms with Crippen molar-refractivity contribution in [3.05, 3.63) is 23.8 Å². The molecule has 0 saturated heterocycles. The highest BCUT2D eigenvalue weighted by molar-refractivity contribution is 6.61. The molecule has 0 aliphatic rings. The lowest BCUT2D eigenvalue weighted by molar-refractivity contribution is 0.0640.